The molecular weight excluding hydrogens is 192 g/mol. The summed E-state index contributed by atoms with van der Waals surface area (Å²) in [5, 5.41) is 4.63. The van der Waals surface area contributed by atoms with Crippen molar-refractivity contribution in [3.8, 4) is 0 Å². The summed E-state index contributed by atoms with van der Waals surface area (Å²) in [6.07, 6.45) is 7.28. The van der Waals surface area contributed by atoms with E-state index in [-0.39, 0.29) is 0 Å². The van der Waals surface area contributed by atoms with Crippen molar-refractivity contribution in [2.24, 2.45) is 0 Å². The van der Waals surface area contributed by atoms with E-state index >= 15 is 0 Å². The third-order valence-electron chi connectivity index (χ3n) is 3.03. The molecule has 78 valence electrons. The van der Waals surface area contributed by atoms with Gasteiger partial charge in [-0.15, -0.1) is 11.3 Å². The minimum atomic E-state index is 0.560. The molecule has 1 unspecified atom stereocenters. The van der Waals surface area contributed by atoms with Crippen LogP contribution in [0.4, 0.5) is 0 Å². The lowest BCUT2D eigenvalue weighted by Crippen LogP contribution is -2.22. The molecule has 2 nitrogen and oxygen atoms in total. The SMILES string of the molecule is CNC(C)Cc1cnc(C2CCC2)s1. The molecule has 0 amide bonds. The van der Waals surface area contributed by atoms with Crippen molar-refractivity contribution < 1.29 is 0 Å². The number of nitrogens with one attached hydrogen (secondary N) is 1. The predicted molar refractivity (Wildman–Crippen MR) is 60.9 cm³/mol. The summed E-state index contributed by atoms with van der Waals surface area (Å²) >= 11 is 1.91. The molecule has 1 N–H and O–H groups in total. The minimum absolute atomic E-state index is 0.560. The van der Waals surface area contributed by atoms with Gasteiger partial charge in [0.05, 0.1) is 5.01 Å². The van der Waals surface area contributed by atoms with Crippen molar-refractivity contribution in [1.29, 1.82) is 0 Å². The molecule has 0 spiro atoms. The maximum absolute atomic E-state index is 4.52. The number of aromatic nitrogens is 1. The Hall–Kier alpha value is -0.410. The van der Waals surface area contributed by atoms with E-state index < -0.39 is 0 Å². The summed E-state index contributed by atoms with van der Waals surface area (Å²) in [6.45, 7) is 2.21. The quantitative estimate of drug-likeness (QED) is 0.826. The molecule has 0 radical (unpaired) electrons. The number of thiazole rings is 1. The number of rotatable bonds is 4. The Bertz CT molecular complexity index is 291. The van der Waals surface area contributed by atoms with Gasteiger partial charge in [0.1, 0.15) is 0 Å². The molecule has 1 aromatic rings. The second-order valence-electron chi connectivity index (χ2n) is 4.19. The lowest BCUT2D eigenvalue weighted by atomic mass is 9.86. The summed E-state index contributed by atoms with van der Waals surface area (Å²) < 4.78 is 0. The Morgan fingerprint density at radius 1 is 1.64 bits per heavy atom. The fraction of sp³-hybridized carbons (Fsp3) is 0.727. The first-order valence-electron chi connectivity index (χ1n) is 5.41. The van der Waals surface area contributed by atoms with Gasteiger partial charge in [-0.05, 0) is 33.2 Å². The summed E-state index contributed by atoms with van der Waals surface area (Å²) in [4.78, 5) is 5.94. The molecule has 1 aliphatic carbocycles. The molecule has 1 heterocycles. The van der Waals surface area contributed by atoms with Crippen LogP contribution in [0.3, 0.4) is 0 Å². The molecule has 0 aromatic carbocycles. The topological polar surface area (TPSA) is 24.9 Å². The van der Waals surface area contributed by atoms with Crippen LogP contribution in [-0.2, 0) is 6.42 Å². The van der Waals surface area contributed by atoms with Gasteiger partial charge < -0.3 is 5.32 Å². The van der Waals surface area contributed by atoms with Crippen LogP contribution in [0.5, 0.6) is 0 Å². The average Bonchev–Trinajstić information content (AvgIpc) is 2.50. The number of nitrogens with zero attached hydrogens (tertiary/aromatic N) is 1. The first kappa shape index (κ1) is 10.1. The van der Waals surface area contributed by atoms with Crippen LogP contribution < -0.4 is 5.32 Å². The Kier molecular flexibility index (Phi) is 3.19. The van der Waals surface area contributed by atoms with Gasteiger partial charge in [0.2, 0.25) is 0 Å². The van der Waals surface area contributed by atoms with Crippen LogP contribution in [0.2, 0.25) is 0 Å². The van der Waals surface area contributed by atoms with E-state index in [0.717, 1.165) is 12.3 Å². The van der Waals surface area contributed by atoms with Crippen molar-refractivity contribution in [2.75, 3.05) is 7.05 Å². The van der Waals surface area contributed by atoms with E-state index in [0.29, 0.717) is 6.04 Å². The highest BCUT2D eigenvalue weighted by Crippen LogP contribution is 2.38. The van der Waals surface area contributed by atoms with Gasteiger partial charge in [-0.2, -0.15) is 0 Å². The summed E-state index contributed by atoms with van der Waals surface area (Å²) in [7, 11) is 2.01. The van der Waals surface area contributed by atoms with E-state index in [1.807, 2.05) is 18.4 Å². The predicted octanol–water partition coefficient (Wildman–Crippen LogP) is 2.56. The van der Waals surface area contributed by atoms with Gasteiger partial charge in [-0.25, -0.2) is 4.98 Å². The number of hydrogen-bond acceptors (Lipinski definition) is 3. The molecule has 0 saturated heterocycles. The molecule has 0 aliphatic heterocycles. The lowest BCUT2D eigenvalue weighted by Gasteiger charge is -2.22. The zero-order valence-corrected chi connectivity index (χ0v) is 9.73. The highest BCUT2D eigenvalue weighted by atomic mass is 32.1. The van der Waals surface area contributed by atoms with Gasteiger partial charge in [-0.3, -0.25) is 0 Å². The van der Waals surface area contributed by atoms with E-state index in [1.165, 1.54) is 29.1 Å². The number of hydrogen-bond donors (Lipinski definition) is 1. The second-order valence-corrected chi connectivity index (χ2v) is 5.33. The fourth-order valence-electron chi connectivity index (χ4n) is 1.66. The monoisotopic (exact) mass is 210 g/mol. The zero-order chi connectivity index (χ0) is 9.97. The van der Waals surface area contributed by atoms with Crippen molar-refractivity contribution in [1.82, 2.24) is 10.3 Å². The van der Waals surface area contributed by atoms with Gasteiger partial charge in [0.25, 0.3) is 0 Å². The highest BCUT2D eigenvalue weighted by molar-refractivity contribution is 7.11. The van der Waals surface area contributed by atoms with Crippen molar-refractivity contribution in [3.63, 3.8) is 0 Å². The van der Waals surface area contributed by atoms with Gasteiger partial charge in [-0.1, -0.05) is 6.42 Å². The minimum Gasteiger partial charge on any atom is -0.317 e. The number of likely N-dealkylation sites (N-methyl/N-ethyl adjacent to an activating group) is 1. The van der Waals surface area contributed by atoms with Crippen LogP contribution in [0.15, 0.2) is 6.20 Å². The van der Waals surface area contributed by atoms with Gasteiger partial charge in [0.15, 0.2) is 0 Å². The Labute approximate surface area is 89.8 Å². The van der Waals surface area contributed by atoms with Crippen LogP contribution in [-0.4, -0.2) is 18.1 Å². The molecule has 14 heavy (non-hydrogen) atoms. The molecule has 3 heteroatoms. The first-order chi connectivity index (χ1) is 6.79. The van der Waals surface area contributed by atoms with E-state index in [1.54, 1.807) is 0 Å². The Balaban J connectivity index is 1.95. The molecule has 2 rings (SSSR count). The van der Waals surface area contributed by atoms with E-state index in [9.17, 15) is 0 Å². The summed E-state index contributed by atoms with van der Waals surface area (Å²) in [6, 6.07) is 0.560. The van der Waals surface area contributed by atoms with Crippen molar-refractivity contribution in [3.05, 3.63) is 16.1 Å². The van der Waals surface area contributed by atoms with Crippen LogP contribution in [0.25, 0.3) is 0 Å². The smallest absolute Gasteiger partial charge is 0.0958 e. The van der Waals surface area contributed by atoms with Gasteiger partial charge >= 0.3 is 0 Å². The largest absolute Gasteiger partial charge is 0.317 e. The maximum Gasteiger partial charge on any atom is 0.0958 e. The summed E-state index contributed by atoms with van der Waals surface area (Å²) in [5.41, 5.74) is 0. The second kappa shape index (κ2) is 4.41. The molecule has 1 aliphatic rings. The highest BCUT2D eigenvalue weighted by Gasteiger charge is 2.22. The molecule has 1 atom stereocenters. The van der Waals surface area contributed by atoms with E-state index in [4.69, 9.17) is 0 Å². The normalized spacial score (nSPS) is 19.3. The van der Waals surface area contributed by atoms with Gasteiger partial charge in [0, 0.05) is 23.0 Å². The fourth-order valence-corrected chi connectivity index (χ4v) is 2.88. The van der Waals surface area contributed by atoms with Crippen LogP contribution in [0, 0.1) is 0 Å². The van der Waals surface area contributed by atoms with Crippen LogP contribution in [0.1, 0.15) is 42.0 Å². The molecule has 1 fully saturated rings. The van der Waals surface area contributed by atoms with Crippen LogP contribution >= 0.6 is 11.3 Å². The first-order valence-corrected chi connectivity index (χ1v) is 6.23. The average molecular weight is 210 g/mol. The Morgan fingerprint density at radius 3 is 3.00 bits per heavy atom. The zero-order valence-electron chi connectivity index (χ0n) is 8.92. The van der Waals surface area contributed by atoms with Crippen molar-refractivity contribution >= 4 is 11.3 Å². The standard InChI is InChI=1S/C11H18N2S/c1-8(12-2)6-10-7-13-11(14-10)9-4-3-5-9/h7-9,12H,3-6H2,1-2H3. The third-order valence-corrected chi connectivity index (χ3v) is 4.21. The lowest BCUT2D eigenvalue weighted by molar-refractivity contribution is 0.418. The molecule has 1 saturated carbocycles. The molecule has 1 aromatic heterocycles. The molecule has 0 bridgehead atoms. The van der Waals surface area contributed by atoms with Crippen molar-refractivity contribution in [2.45, 2.75) is 44.6 Å². The molecular formula is C11H18N2S. The Morgan fingerprint density at radius 2 is 2.43 bits per heavy atom. The maximum atomic E-state index is 4.52. The summed E-state index contributed by atoms with van der Waals surface area (Å²) in [5.74, 6) is 0.790. The van der Waals surface area contributed by atoms with E-state index in [2.05, 4.69) is 23.4 Å². The third kappa shape index (κ3) is 2.15.